The second kappa shape index (κ2) is 5.27. The van der Waals surface area contributed by atoms with Crippen molar-refractivity contribution in [2.45, 2.75) is 32.2 Å². The van der Waals surface area contributed by atoms with Crippen molar-refractivity contribution in [3.05, 3.63) is 16.6 Å². The Kier molecular flexibility index (Phi) is 4.25. The summed E-state index contributed by atoms with van der Waals surface area (Å²) in [5.41, 5.74) is 1.90. The quantitative estimate of drug-likeness (QED) is 0.758. The van der Waals surface area contributed by atoms with Gasteiger partial charge in [-0.15, -0.1) is 11.3 Å². The van der Waals surface area contributed by atoms with Gasteiger partial charge in [0.2, 0.25) is 0 Å². The van der Waals surface area contributed by atoms with Crippen molar-refractivity contribution in [2.75, 3.05) is 7.05 Å². The maximum Gasteiger partial charge on any atom is 0.0794 e. The fourth-order valence-electron chi connectivity index (χ4n) is 1.28. The summed E-state index contributed by atoms with van der Waals surface area (Å²) in [5.74, 6) is 0. The average molecular weight is 184 g/mol. The molecule has 1 N–H and O–H groups in total. The summed E-state index contributed by atoms with van der Waals surface area (Å²) in [6, 6.07) is 0.621. The van der Waals surface area contributed by atoms with Gasteiger partial charge >= 0.3 is 0 Å². The number of nitrogens with one attached hydrogen (secondary N) is 1. The first-order valence-corrected chi connectivity index (χ1v) is 5.29. The molecular formula is C9H16N2S. The number of rotatable bonds is 5. The first kappa shape index (κ1) is 9.68. The molecule has 1 aromatic rings. The monoisotopic (exact) mass is 184 g/mol. The lowest BCUT2D eigenvalue weighted by Crippen LogP contribution is -2.26. The molecular weight excluding hydrogens is 168 g/mol. The van der Waals surface area contributed by atoms with Gasteiger partial charge < -0.3 is 5.32 Å². The highest BCUT2D eigenvalue weighted by molar-refractivity contribution is 7.09. The van der Waals surface area contributed by atoms with Crippen molar-refractivity contribution < 1.29 is 0 Å². The Morgan fingerprint density at radius 2 is 2.50 bits per heavy atom. The van der Waals surface area contributed by atoms with Crippen molar-refractivity contribution in [3.63, 3.8) is 0 Å². The third-order valence-corrected chi connectivity index (χ3v) is 2.78. The van der Waals surface area contributed by atoms with E-state index in [4.69, 9.17) is 0 Å². The molecule has 1 unspecified atom stereocenters. The van der Waals surface area contributed by atoms with Crippen LogP contribution in [0, 0.1) is 0 Å². The zero-order chi connectivity index (χ0) is 8.81. The van der Waals surface area contributed by atoms with Crippen LogP contribution in [-0.4, -0.2) is 18.1 Å². The van der Waals surface area contributed by atoms with E-state index in [-0.39, 0.29) is 0 Å². The zero-order valence-corrected chi connectivity index (χ0v) is 8.53. The largest absolute Gasteiger partial charge is 0.317 e. The molecule has 0 radical (unpaired) electrons. The fourth-order valence-corrected chi connectivity index (χ4v) is 1.96. The summed E-state index contributed by atoms with van der Waals surface area (Å²) < 4.78 is 0. The van der Waals surface area contributed by atoms with Gasteiger partial charge in [0.05, 0.1) is 5.51 Å². The van der Waals surface area contributed by atoms with Crippen LogP contribution in [0.4, 0.5) is 0 Å². The van der Waals surface area contributed by atoms with Crippen molar-refractivity contribution in [1.82, 2.24) is 10.3 Å². The van der Waals surface area contributed by atoms with Crippen LogP contribution in [0.5, 0.6) is 0 Å². The molecule has 2 nitrogen and oxygen atoms in total. The summed E-state index contributed by atoms with van der Waals surface area (Å²) in [6.07, 6.45) is 5.57. The number of hydrogen-bond acceptors (Lipinski definition) is 3. The van der Waals surface area contributed by atoms with Crippen LogP contribution in [-0.2, 0) is 6.42 Å². The van der Waals surface area contributed by atoms with E-state index in [9.17, 15) is 0 Å². The molecule has 3 heteroatoms. The van der Waals surface area contributed by atoms with E-state index < -0.39 is 0 Å². The molecule has 0 aliphatic carbocycles. The Bertz CT molecular complexity index is 196. The highest BCUT2D eigenvalue weighted by atomic mass is 32.1. The molecule has 1 atom stereocenters. The molecule has 0 amide bonds. The van der Waals surface area contributed by atoms with Crippen LogP contribution in [0.15, 0.2) is 11.7 Å². The minimum absolute atomic E-state index is 0.621. The Morgan fingerprint density at radius 3 is 3.00 bits per heavy atom. The van der Waals surface area contributed by atoms with Gasteiger partial charge in [-0.2, -0.15) is 0 Å². The van der Waals surface area contributed by atoms with E-state index >= 15 is 0 Å². The highest BCUT2D eigenvalue weighted by Crippen LogP contribution is 2.10. The molecule has 68 valence electrons. The lowest BCUT2D eigenvalue weighted by atomic mass is 10.1. The summed E-state index contributed by atoms with van der Waals surface area (Å²) in [5, 5.41) is 3.32. The molecule has 0 aromatic carbocycles. The van der Waals surface area contributed by atoms with Gasteiger partial charge in [-0.25, -0.2) is 0 Å². The van der Waals surface area contributed by atoms with Crippen molar-refractivity contribution in [2.24, 2.45) is 0 Å². The van der Waals surface area contributed by atoms with Crippen molar-refractivity contribution in [1.29, 1.82) is 0 Å². The lowest BCUT2D eigenvalue weighted by Gasteiger charge is -2.12. The van der Waals surface area contributed by atoms with Gasteiger partial charge in [0.1, 0.15) is 0 Å². The molecule has 0 spiro atoms. The van der Waals surface area contributed by atoms with Gasteiger partial charge in [-0.3, -0.25) is 4.98 Å². The Hall–Kier alpha value is -0.410. The molecule has 1 aromatic heterocycles. The summed E-state index contributed by atoms with van der Waals surface area (Å²) in [6.45, 7) is 2.22. The number of likely N-dealkylation sites (N-methyl/N-ethyl adjacent to an activating group) is 1. The molecule has 0 saturated heterocycles. The summed E-state index contributed by atoms with van der Waals surface area (Å²) in [7, 11) is 2.03. The SMILES string of the molecule is CCCC(Cc1cncs1)NC. The fraction of sp³-hybridized carbons (Fsp3) is 0.667. The molecule has 12 heavy (non-hydrogen) atoms. The van der Waals surface area contributed by atoms with Crippen LogP contribution >= 0.6 is 11.3 Å². The molecule has 1 rings (SSSR count). The van der Waals surface area contributed by atoms with Gasteiger partial charge in [-0.1, -0.05) is 13.3 Å². The van der Waals surface area contributed by atoms with Crippen molar-refractivity contribution in [3.8, 4) is 0 Å². The second-order valence-corrected chi connectivity index (χ2v) is 3.92. The van der Waals surface area contributed by atoms with Crippen LogP contribution in [0.3, 0.4) is 0 Å². The molecule has 0 aliphatic heterocycles. The average Bonchev–Trinajstić information content (AvgIpc) is 2.56. The predicted molar refractivity (Wildman–Crippen MR) is 53.6 cm³/mol. The molecule has 1 heterocycles. The van der Waals surface area contributed by atoms with E-state index in [1.807, 2.05) is 18.8 Å². The first-order chi connectivity index (χ1) is 5.86. The van der Waals surface area contributed by atoms with Crippen LogP contribution in [0.1, 0.15) is 24.6 Å². The van der Waals surface area contributed by atoms with E-state index in [1.165, 1.54) is 17.7 Å². The van der Waals surface area contributed by atoms with E-state index in [0.717, 1.165) is 6.42 Å². The van der Waals surface area contributed by atoms with Gasteiger partial charge in [0, 0.05) is 17.1 Å². The smallest absolute Gasteiger partial charge is 0.0794 e. The number of thiazole rings is 1. The molecule has 0 bridgehead atoms. The minimum atomic E-state index is 0.621. The Balaban J connectivity index is 2.37. The highest BCUT2D eigenvalue weighted by Gasteiger charge is 2.06. The van der Waals surface area contributed by atoms with Gasteiger partial charge in [0.15, 0.2) is 0 Å². The first-order valence-electron chi connectivity index (χ1n) is 4.41. The topological polar surface area (TPSA) is 24.9 Å². The Morgan fingerprint density at radius 1 is 1.67 bits per heavy atom. The van der Waals surface area contributed by atoms with E-state index in [1.54, 1.807) is 11.3 Å². The summed E-state index contributed by atoms with van der Waals surface area (Å²) >= 11 is 1.74. The number of aromatic nitrogens is 1. The molecule has 0 fully saturated rings. The Labute approximate surface area is 78.0 Å². The maximum absolute atomic E-state index is 4.06. The normalized spacial score (nSPS) is 13.2. The van der Waals surface area contributed by atoms with Crippen LogP contribution in [0.2, 0.25) is 0 Å². The van der Waals surface area contributed by atoms with Gasteiger partial charge in [-0.05, 0) is 19.9 Å². The van der Waals surface area contributed by atoms with Crippen LogP contribution in [0.25, 0.3) is 0 Å². The number of hydrogen-bond donors (Lipinski definition) is 1. The van der Waals surface area contributed by atoms with Gasteiger partial charge in [0.25, 0.3) is 0 Å². The van der Waals surface area contributed by atoms with Crippen LogP contribution < -0.4 is 5.32 Å². The molecule has 0 aliphatic rings. The van der Waals surface area contributed by atoms with Crippen molar-refractivity contribution >= 4 is 11.3 Å². The maximum atomic E-state index is 4.06. The molecule has 0 saturated carbocycles. The summed E-state index contributed by atoms with van der Waals surface area (Å²) in [4.78, 5) is 5.44. The second-order valence-electron chi connectivity index (χ2n) is 2.95. The zero-order valence-electron chi connectivity index (χ0n) is 7.71. The number of nitrogens with zero attached hydrogens (tertiary/aromatic N) is 1. The third-order valence-electron chi connectivity index (χ3n) is 1.98. The van der Waals surface area contributed by atoms with E-state index in [0.29, 0.717) is 6.04 Å². The standard InChI is InChI=1S/C9H16N2S/c1-3-4-8(10-2)5-9-6-11-7-12-9/h6-8,10H,3-5H2,1-2H3. The van der Waals surface area contributed by atoms with E-state index in [2.05, 4.69) is 17.2 Å². The minimum Gasteiger partial charge on any atom is -0.317 e. The predicted octanol–water partition coefficient (Wildman–Crippen LogP) is 2.07. The lowest BCUT2D eigenvalue weighted by molar-refractivity contribution is 0.516. The third kappa shape index (κ3) is 2.91.